The number of nitro benzene ring substituents is 1. The van der Waals surface area contributed by atoms with E-state index in [9.17, 15) is 19.7 Å². The number of benzene rings is 3. The molecule has 0 radical (unpaired) electrons. The highest BCUT2D eigenvalue weighted by molar-refractivity contribution is 7.99. The zero-order valence-electron chi connectivity index (χ0n) is 18.3. The Labute approximate surface area is 208 Å². The topological polar surface area (TPSA) is 119 Å². The number of nitro groups is 1. The highest BCUT2D eigenvalue weighted by atomic mass is 35.5. The Morgan fingerprint density at radius 2 is 1.80 bits per heavy atom. The number of aromatic nitrogens is 2. The van der Waals surface area contributed by atoms with Crippen molar-refractivity contribution in [1.82, 2.24) is 15.0 Å². The lowest BCUT2D eigenvalue weighted by atomic mass is 10.1. The second kappa shape index (κ2) is 10.5. The lowest BCUT2D eigenvalue weighted by molar-refractivity contribution is -0.384. The normalized spacial score (nSPS) is 11.4. The summed E-state index contributed by atoms with van der Waals surface area (Å²) in [5.41, 5.74) is 4.41. The molecule has 3 aromatic carbocycles. The summed E-state index contributed by atoms with van der Waals surface area (Å²) in [6.45, 7) is 1.68. The van der Waals surface area contributed by atoms with Crippen molar-refractivity contribution in [3.05, 3.63) is 104 Å². The Bertz CT molecular complexity index is 1500. The minimum atomic E-state index is -0.486. The number of carbonyl (C=O) groups is 1. The van der Waals surface area contributed by atoms with Gasteiger partial charge in [-0.2, -0.15) is 5.10 Å². The second-order valence-corrected chi connectivity index (χ2v) is 8.73. The summed E-state index contributed by atoms with van der Waals surface area (Å²) in [6.07, 6.45) is 0. The molecular formula is C24H18ClN5O4S. The van der Waals surface area contributed by atoms with E-state index in [0.29, 0.717) is 38.0 Å². The van der Waals surface area contributed by atoms with E-state index >= 15 is 0 Å². The van der Waals surface area contributed by atoms with E-state index in [-0.39, 0.29) is 17.0 Å². The number of hydrogen-bond acceptors (Lipinski definition) is 7. The number of hydrazone groups is 1. The summed E-state index contributed by atoms with van der Waals surface area (Å²) >= 11 is 7.10. The van der Waals surface area contributed by atoms with Crippen LogP contribution in [0.15, 0.2) is 87.8 Å². The van der Waals surface area contributed by atoms with Gasteiger partial charge in [0.2, 0.25) is 0 Å². The van der Waals surface area contributed by atoms with E-state index in [1.54, 1.807) is 67.6 Å². The molecule has 0 aliphatic heterocycles. The number of rotatable bonds is 7. The van der Waals surface area contributed by atoms with Crippen molar-refractivity contribution in [3.63, 3.8) is 0 Å². The molecule has 1 heterocycles. The zero-order valence-corrected chi connectivity index (χ0v) is 19.9. The van der Waals surface area contributed by atoms with Crippen LogP contribution in [0.3, 0.4) is 0 Å². The van der Waals surface area contributed by atoms with Crippen LogP contribution in [0.25, 0.3) is 16.6 Å². The molecule has 11 heteroatoms. The Morgan fingerprint density at radius 3 is 2.49 bits per heavy atom. The Balaban J connectivity index is 1.54. The van der Waals surface area contributed by atoms with Crippen LogP contribution >= 0.6 is 23.4 Å². The van der Waals surface area contributed by atoms with E-state index in [1.165, 1.54) is 16.7 Å². The smallest absolute Gasteiger partial charge is 0.269 e. The van der Waals surface area contributed by atoms with Crippen molar-refractivity contribution in [3.8, 4) is 5.69 Å². The minimum absolute atomic E-state index is 0.0309. The molecule has 1 aromatic heterocycles. The Kier molecular flexibility index (Phi) is 7.23. The van der Waals surface area contributed by atoms with Gasteiger partial charge in [0.25, 0.3) is 17.2 Å². The molecule has 0 aliphatic rings. The molecule has 1 N–H and O–H groups in total. The molecule has 0 spiro atoms. The molecule has 4 aromatic rings. The maximum Gasteiger partial charge on any atom is 0.269 e. The summed E-state index contributed by atoms with van der Waals surface area (Å²) in [6, 6.07) is 19.6. The fourth-order valence-electron chi connectivity index (χ4n) is 3.22. The fraction of sp³-hybridized carbons (Fsp3) is 0.0833. The van der Waals surface area contributed by atoms with Crippen LogP contribution in [0.4, 0.5) is 5.69 Å². The molecule has 0 unspecified atom stereocenters. The number of para-hydroxylation sites is 1. The highest BCUT2D eigenvalue weighted by Gasteiger charge is 2.15. The summed E-state index contributed by atoms with van der Waals surface area (Å²) in [7, 11) is 0. The number of hydrogen-bond donors (Lipinski definition) is 1. The Hall–Kier alpha value is -4.02. The van der Waals surface area contributed by atoms with Gasteiger partial charge < -0.3 is 0 Å². The van der Waals surface area contributed by atoms with Crippen LogP contribution in [0.2, 0.25) is 5.02 Å². The number of halogens is 1. The number of amides is 1. The zero-order chi connectivity index (χ0) is 24.9. The minimum Gasteiger partial charge on any atom is -0.272 e. The number of nitrogens with zero attached hydrogens (tertiary/aromatic N) is 4. The first-order valence-electron chi connectivity index (χ1n) is 10.3. The lowest BCUT2D eigenvalue weighted by Gasteiger charge is -2.13. The van der Waals surface area contributed by atoms with Crippen LogP contribution in [0.1, 0.15) is 12.5 Å². The molecule has 0 bridgehead atoms. The molecule has 0 fully saturated rings. The molecule has 0 saturated carbocycles. The van der Waals surface area contributed by atoms with Gasteiger partial charge in [0.05, 0.1) is 33.0 Å². The average Bonchev–Trinajstić information content (AvgIpc) is 2.87. The molecule has 0 saturated heterocycles. The summed E-state index contributed by atoms with van der Waals surface area (Å²) in [4.78, 5) is 40.6. The van der Waals surface area contributed by atoms with Gasteiger partial charge in [-0.05, 0) is 61.0 Å². The third-order valence-electron chi connectivity index (χ3n) is 5.01. The van der Waals surface area contributed by atoms with Gasteiger partial charge in [0.1, 0.15) is 0 Å². The van der Waals surface area contributed by atoms with Crippen LogP contribution < -0.4 is 11.0 Å². The van der Waals surface area contributed by atoms with Crippen molar-refractivity contribution < 1.29 is 9.72 Å². The predicted molar refractivity (Wildman–Crippen MR) is 137 cm³/mol. The van der Waals surface area contributed by atoms with E-state index in [2.05, 4.69) is 15.5 Å². The highest BCUT2D eigenvalue weighted by Crippen LogP contribution is 2.22. The maximum absolute atomic E-state index is 13.2. The largest absolute Gasteiger partial charge is 0.272 e. The first-order chi connectivity index (χ1) is 16.8. The summed E-state index contributed by atoms with van der Waals surface area (Å²) < 4.78 is 1.45. The average molecular weight is 508 g/mol. The first kappa shape index (κ1) is 24.1. The van der Waals surface area contributed by atoms with Crippen LogP contribution in [0, 0.1) is 10.1 Å². The molecular weight excluding hydrogens is 490 g/mol. The number of thioether (sulfide) groups is 1. The first-order valence-corrected chi connectivity index (χ1v) is 11.7. The van der Waals surface area contributed by atoms with Crippen molar-refractivity contribution in [1.29, 1.82) is 0 Å². The summed E-state index contributed by atoms with van der Waals surface area (Å²) in [5.74, 6) is -0.448. The van der Waals surface area contributed by atoms with Crippen molar-refractivity contribution in [2.75, 3.05) is 5.75 Å². The Morgan fingerprint density at radius 1 is 1.11 bits per heavy atom. The third-order valence-corrected chi connectivity index (χ3v) is 6.20. The second-order valence-electron chi connectivity index (χ2n) is 7.35. The molecule has 0 atom stereocenters. The van der Waals surface area contributed by atoms with Crippen LogP contribution in [-0.4, -0.2) is 31.8 Å². The van der Waals surface area contributed by atoms with E-state index in [0.717, 1.165) is 11.8 Å². The van der Waals surface area contributed by atoms with Crippen molar-refractivity contribution in [2.24, 2.45) is 5.10 Å². The van der Waals surface area contributed by atoms with Gasteiger partial charge in [0, 0.05) is 17.2 Å². The molecule has 35 heavy (non-hydrogen) atoms. The van der Waals surface area contributed by atoms with Gasteiger partial charge in [0.15, 0.2) is 5.16 Å². The monoisotopic (exact) mass is 507 g/mol. The van der Waals surface area contributed by atoms with Crippen LogP contribution in [-0.2, 0) is 4.79 Å². The molecule has 1 amide bonds. The van der Waals surface area contributed by atoms with Gasteiger partial charge in [-0.25, -0.2) is 10.4 Å². The molecule has 4 rings (SSSR count). The number of carbonyl (C=O) groups excluding carboxylic acids is 1. The van der Waals surface area contributed by atoms with E-state index in [1.807, 2.05) is 0 Å². The van der Waals surface area contributed by atoms with Crippen molar-refractivity contribution in [2.45, 2.75) is 12.1 Å². The van der Waals surface area contributed by atoms with Gasteiger partial charge >= 0.3 is 0 Å². The SMILES string of the molecule is C/C(=N\NC(=O)CSc1nc2ccccc2c(=O)n1-c1ccc(Cl)cc1)c1ccc([N+](=O)[O-])cc1. The van der Waals surface area contributed by atoms with E-state index in [4.69, 9.17) is 11.6 Å². The number of non-ortho nitro benzene ring substituents is 1. The predicted octanol–water partition coefficient (Wildman–Crippen LogP) is 4.58. The number of fused-ring (bicyclic) bond motifs is 1. The van der Waals surface area contributed by atoms with Gasteiger partial charge in [-0.15, -0.1) is 0 Å². The third kappa shape index (κ3) is 5.56. The standard InChI is InChI=1S/C24H18ClN5O4S/c1-15(16-6-10-19(11-7-16)30(33)34)27-28-22(31)14-35-24-26-21-5-3-2-4-20(21)23(32)29(24)18-12-8-17(25)9-13-18/h2-13H,14H2,1H3,(H,28,31)/b27-15+. The lowest BCUT2D eigenvalue weighted by Crippen LogP contribution is -2.24. The molecule has 0 aliphatic carbocycles. The molecule has 9 nitrogen and oxygen atoms in total. The van der Waals surface area contributed by atoms with Gasteiger partial charge in [-0.3, -0.25) is 24.3 Å². The maximum atomic E-state index is 13.2. The number of nitrogens with one attached hydrogen (secondary N) is 1. The quantitative estimate of drug-likeness (QED) is 0.128. The van der Waals surface area contributed by atoms with Gasteiger partial charge in [-0.1, -0.05) is 35.5 Å². The molecule has 176 valence electrons. The van der Waals surface area contributed by atoms with E-state index < -0.39 is 10.8 Å². The van der Waals surface area contributed by atoms with Crippen molar-refractivity contribution >= 4 is 51.6 Å². The van der Waals surface area contributed by atoms with Crippen LogP contribution in [0.5, 0.6) is 0 Å². The fourth-order valence-corrected chi connectivity index (χ4v) is 4.16. The summed E-state index contributed by atoms with van der Waals surface area (Å²) in [5, 5.41) is 16.2.